The van der Waals surface area contributed by atoms with Crippen LogP contribution in [0, 0.1) is 0 Å². The van der Waals surface area contributed by atoms with Gasteiger partial charge >= 0.3 is 12.2 Å². The maximum atomic E-state index is 12.4. The molecule has 1 heterocycles. The Balaban J connectivity index is 1.74. The molecule has 2 aromatic carbocycles. The van der Waals surface area contributed by atoms with Crippen LogP contribution in [0.15, 0.2) is 60.7 Å². The van der Waals surface area contributed by atoms with Gasteiger partial charge in [-0.3, -0.25) is 10.6 Å². The zero-order chi connectivity index (χ0) is 22.2. The van der Waals surface area contributed by atoms with Crippen LogP contribution in [-0.4, -0.2) is 66.8 Å². The van der Waals surface area contributed by atoms with Crippen LogP contribution >= 0.6 is 0 Å². The molecular formula is C21H24N2O8. The molecule has 3 rings (SSSR count). The van der Waals surface area contributed by atoms with Crippen LogP contribution in [0.4, 0.5) is 21.0 Å². The summed E-state index contributed by atoms with van der Waals surface area (Å²) in [6.07, 6.45) is -8.24. The van der Waals surface area contributed by atoms with Gasteiger partial charge in [0, 0.05) is 18.5 Å². The fourth-order valence-corrected chi connectivity index (χ4v) is 3.10. The maximum absolute atomic E-state index is 12.4. The van der Waals surface area contributed by atoms with Crippen LogP contribution in [0.2, 0.25) is 0 Å². The minimum absolute atomic E-state index is 0.468. The van der Waals surface area contributed by atoms with Crippen molar-refractivity contribution in [1.82, 2.24) is 0 Å². The molecule has 5 atom stereocenters. The number of aliphatic hydroxyl groups is 2. The second kappa shape index (κ2) is 10.7. The number of nitrogens with one attached hydrogen (secondary N) is 2. The Hall–Kier alpha value is -3.18. The van der Waals surface area contributed by atoms with Gasteiger partial charge in [-0.2, -0.15) is 0 Å². The standard InChI is InChI=1S/C21H24N2O8/c1-28-19-16(25)18(31-21(27)23-14-10-6-3-7-11-14)17(15(12-24)29-19)30-20(26)22-13-8-4-2-5-9-13/h2-11,15-19,24-25H,12H2,1H3,(H,22,26)(H,23,27)/t15-,16-,17+,18-,19-/m0/s1. The van der Waals surface area contributed by atoms with Gasteiger partial charge in [0.1, 0.15) is 12.2 Å². The lowest BCUT2D eigenvalue weighted by atomic mass is 9.98. The van der Waals surface area contributed by atoms with E-state index in [9.17, 15) is 19.8 Å². The van der Waals surface area contributed by atoms with E-state index in [-0.39, 0.29) is 0 Å². The number of carbonyl (C=O) groups excluding carboxylic acids is 2. The van der Waals surface area contributed by atoms with Crippen LogP contribution in [0.25, 0.3) is 0 Å². The Kier molecular flexibility index (Phi) is 7.79. The summed E-state index contributed by atoms with van der Waals surface area (Å²) in [4.78, 5) is 24.8. The lowest BCUT2D eigenvalue weighted by Gasteiger charge is -2.42. The smallest absolute Gasteiger partial charge is 0.412 e. The van der Waals surface area contributed by atoms with Gasteiger partial charge in [-0.25, -0.2) is 9.59 Å². The van der Waals surface area contributed by atoms with Gasteiger partial charge in [-0.05, 0) is 24.3 Å². The van der Waals surface area contributed by atoms with Gasteiger partial charge in [-0.15, -0.1) is 0 Å². The van der Waals surface area contributed by atoms with Crippen molar-refractivity contribution >= 4 is 23.6 Å². The van der Waals surface area contributed by atoms with Crippen molar-refractivity contribution in [2.75, 3.05) is 24.4 Å². The number of amides is 2. The normalized spacial score (nSPS) is 25.3. The SMILES string of the molecule is CO[C@H]1O[C@@H](CO)[C@@H](OC(=O)Nc2ccccc2)[C@@H](OC(=O)Nc2ccccc2)[C@@H]1O. The highest BCUT2D eigenvalue weighted by Crippen LogP contribution is 2.27. The maximum Gasteiger partial charge on any atom is 0.412 e. The summed E-state index contributed by atoms with van der Waals surface area (Å²) in [6, 6.07) is 17.1. The van der Waals surface area contributed by atoms with E-state index in [2.05, 4.69) is 10.6 Å². The molecule has 2 amide bonds. The second-order valence-corrected chi connectivity index (χ2v) is 6.67. The highest BCUT2D eigenvalue weighted by Gasteiger charge is 2.50. The van der Waals surface area contributed by atoms with Crippen molar-refractivity contribution < 1.29 is 38.7 Å². The van der Waals surface area contributed by atoms with E-state index in [1.54, 1.807) is 60.7 Å². The molecular weight excluding hydrogens is 408 g/mol. The zero-order valence-corrected chi connectivity index (χ0v) is 16.7. The van der Waals surface area contributed by atoms with Gasteiger partial charge in [0.2, 0.25) is 0 Å². The lowest BCUT2D eigenvalue weighted by Crippen LogP contribution is -2.62. The molecule has 4 N–H and O–H groups in total. The Labute approximate surface area is 178 Å². The number of ether oxygens (including phenoxy) is 4. The fraction of sp³-hybridized carbons (Fsp3) is 0.333. The molecule has 2 aromatic rings. The first-order chi connectivity index (χ1) is 15.0. The first-order valence-corrected chi connectivity index (χ1v) is 9.54. The summed E-state index contributed by atoms with van der Waals surface area (Å²) in [5.41, 5.74) is 0.940. The molecule has 0 unspecified atom stereocenters. The molecule has 1 fully saturated rings. The van der Waals surface area contributed by atoms with Crippen LogP contribution in [0.5, 0.6) is 0 Å². The molecule has 10 heteroatoms. The third-order valence-corrected chi connectivity index (χ3v) is 4.55. The number of hydrogen-bond acceptors (Lipinski definition) is 8. The second-order valence-electron chi connectivity index (χ2n) is 6.67. The van der Waals surface area contributed by atoms with Crippen molar-refractivity contribution in [3.8, 4) is 0 Å². The van der Waals surface area contributed by atoms with Crippen molar-refractivity contribution in [3.05, 3.63) is 60.7 Å². The van der Waals surface area contributed by atoms with E-state index < -0.39 is 49.5 Å². The Morgan fingerprint density at radius 3 is 1.84 bits per heavy atom. The summed E-state index contributed by atoms with van der Waals surface area (Å²) >= 11 is 0. The minimum atomic E-state index is -1.48. The average molecular weight is 432 g/mol. The third-order valence-electron chi connectivity index (χ3n) is 4.55. The average Bonchev–Trinajstić information content (AvgIpc) is 2.77. The number of aliphatic hydroxyl groups excluding tert-OH is 2. The van der Waals surface area contributed by atoms with E-state index in [1.807, 2.05) is 0 Å². The molecule has 0 bridgehead atoms. The van der Waals surface area contributed by atoms with Crippen molar-refractivity contribution in [3.63, 3.8) is 0 Å². The van der Waals surface area contributed by atoms with E-state index in [0.717, 1.165) is 0 Å². The molecule has 0 aromatic heterocycles. The topological polar surface area (TPSA) is 136 Å². The Morgan fingerprint density at radius 2 is 1.39 bits per heavy atom. The number of rotatable bonds is 6. The monoisotopic (exact) mass is 432 g/mol. The van der Waals surface area contributed by atoms with Crippen molar-refractivity contribution in [2.45, 2.75) is 30.7 Å². The van der Waals surface area contributed by atoms with Gasteiger partial charge < -0.3 is 29.2 Å². The number of carbonyl (C=O) groups is 2. The largest absolute Gasteiger partial charge is 0.439 e. The molecule has 166 valence electrons. The van der Waals surface area contributed by atoms with Gasteiger partial charge in [0.05, 0.1) is 6.61 Å². The lowest BCUT2D eigenvalue weighted by molar-refractivity contribution is -0.291. The van der Waals surface area contributed by atoms with Crippen molar-refractivity contribution in [2.24, 2.45) is 0 Å². The summed E-state index contributed by atoms with van der Waals surface area (Å²) in [7, 11) is 1.28. The first kappa shape index (κ1) is 22.5. The van der Waals surface area contributed by atoms with Gasteiger partial charge in [-0.1, -0.05) is 36.4 Å². The quantitative estimate of drug-likeness (QED) is 0.544. The summed E-state index contributed by atoms with van der Waals surface area (Å²) in [6.45, 7) is -0.573. The van der Waals surface area contributed by atoms with Gasteiger partial charge in [0.25, 0.3) is 0 Å². The molecule has 10 nitrogen and oxygen atoms in total. The highest BCUT2D eigenvalue weighted by molar-refractivity contribution is 5.85. The number of methoxy groups -OCH3 is 1. The molecule has 0 saturated carbocycles. The first-order valence-electron chi connectivity index (χ1n) is 9.54. The van der Waals surface area contributed by atoms with Crippen LogP contribution in [0.3, 0.4) is 0 Å². The molecule has 0 spiro atoms. The number of hydrogen-bond donors (Lipinski definition) is 4. The predicted molar refractivity (Wildman–Crippen MR) is 109 cm³/mol. The van der Waals surface area contributed by atoms with E-state index in [4.69, 9.17) is 18.9 Å². The molecule has 0 aliphatic carbocycles. The van der Waals surface area contributed by atoms with E-state index in [0.29, 0.717) is 11.4 Å². The molecule has 0 radical (unpaired) electrons. The molecule has 31 heavy (non-hydrogen) atoms. The van der Waals surface area contributed by atoms with Crippen LogP contribution < -0.4 is 10.6 Å². The summed E-state index contributed by atoms with van der Waals surface area (Å²) in [5, 5.41) is 25.3. The number of para-hydroxylation sites is 2. The van der Waals surface area contributed by atoms with Crippen LogP contribution in [-0.2, 0) is 18.9 Å². The summed E-state index contributed by atoms with van der Waals surface area (Å²) < 4.78 is 21.2. The van der Waals surface area contributed by atoms with Crippen molar-refractivity contribution in [1.29, 1.82) is 0 Å². The highest BCUT2D eigenvalue weighted by atomic mass is 16.7. The van der Waals surface area contributed by atoms with Gasteiger partial charge in [0.15, 0.2) is 18.5 Å². The molecule has 1 aliphatic rings. The molecule has 1 aliphatic heterocycles. The van der Waals surface area contributed by atoms with Crippen LogP contribution in [0.1, 0.15) is 0 Å². The fourth-order valence-electron chi connectivity index (χ4n) is 3.10. The Morgan fingerprint density at radius 1 is 0.903 bits per heavy atom. The zero-order valence-electron chi connectivity index (χ0n) is 16.7. The number of benzene rings is 2. The summed E-state index contributed by atoms with van der Waals surface area (Å²) in [5.74, 6) is 0. The third kappa shape index (κ3) is 5.92. The Bertz CT molecular complexity index is 851. The van der Waals surface area contributed by atoms with E-state index in [1.165, 1.54) is 7.11 Å². The van der Waals surface area contributed by atoms with E-state index >= 15 is 0 Å². The predicted octanol–water partition coefficient (Wildman–Crippen LogP) is 1.95. The number of anilines is 2. The minimum Gasteiger partial charge on any atom is -0.439 e. The molecule has 1 saturated heterocycles.